The molecule has 4 aromatic rings. The minimum atomic E-state index is -2.54. The maximum Gasteiger partial charge on any atom is 0.497 e. The Labute approximate surface area is 258 Å². The molecule has 1 aliphatic heterocycles. The third kappa shape index (κ3) is 5.82. The Balaban J connectivity index is 1.24. The van der Waals surface area contributed by atoms with Crippen molar-refractivity contribution in [3.05, 3.63) is 83.1 Å². The van der Waals surface area contributed by atoms with Crippen molar-refractivity contribution in [3.63, 3.8) is 0 Å². The summed E-state index contributed by atoms with van der Waals surface area (Å²) in [6, 6.07) is 10.2. The van der Waals surface area contributed by atoms with E-state index < -0.39 is 41.3 Å². The highest BCUT2D eigenvalue weighted by Crippen LogP contribution is 2.43. The number of rotatable bonds is 10. The molecule has 3 aromatic heterocycles. The number of carbonyl (C=O) groups is 1. The van der Waals surface area contributed by atoms with E-state index in [2.05, 4.69) is 10.1 Å². The van der Waals surface area contributed by atoms with Crippen LogP contribution in [-0.4, -0.2) is 58.4 Å². The van der Waals surface area contributed by atoms with E-state index in [1.807, 2.05) is 33.8 Å². The van der Waals surface area contributed by atoms with Gasteiger partial charge in [-0.2, -0.15) is 5.10 Å². The number of nitrogens with two attached hydrogens (primary N) is 1. The van der Waals surface area contributed by atoms with Crippen LogP contribution in [0.2, 0.25) is 0 Å². The van der Waals surface area contributed by atoms with Gasteiger partial charge in [0.2, 0.25) is 0 Å². The molecule has 1 saturated carbocycles. The number of benzene rings is 1. The maximum atomic E-state index is 15.2. The van der Waals surface area contributed by atoms with Gasteiger partial charge in [0.1, 0.15) is 11.5 Å². The average molecular weight is 619 g/mol. The number of fused-ring (bicyclic) bond motifs is 1. The van der Waals surface area contributed by atoms with Crippen molar-refractivity contribution < 1.29 is 27.3 Å². The van der Waals surface area contributed by atoms with E-state index >= 15 is 4.39 Å². The van der Waals surface area contributed by atoms with Crippen LogP contribution < -0.4 is 11.2 Å². The molecule has 0 radical (unpaired) electrons. The zero-order chi connectivity index (χ0) is 31.4. The van der Waals surface area contributed by atoms with Gasteiger partial charge in [0.15, 0.2) is 0 Å². The van der Waals surface area contributed by atoms with E-state index in [0.29, 0.717) is 39.8 Å². The fraction of sp³-hybridized carbons (Fsp3) is 0.387. The first kappa shape index (κ1) is 30.5. The molecule has 2 N–H and O–H groups in total. The summed E-state index contributed by atoms with van der Waals surface area (Å²) in [6.45, 7) is 7.88. The molecule has 13 heteroatoms. The number of halogens is 1. The Morgan fingerprint density at radius 1 is 1.16 bits per heavy atom. The smallest absolute Gasteiger partial charge is 0.497 e. The lowest BCUT2D eigenvalue weighted by molar-refractivity contribution is 0.00578. The Morgan fingerprint density at radius 2 is 1.84 bits per heavy atom. The van der Waals surface area contributed by atoms with Gasteiger partial charge in [0.25, 0.3) is 5.91 Å². The van der Waals surface area contributed by atoms with Crippen molar-refractivity contribution in [2.24, 2.45) is 5.73 Å². The SMILES string of the molecule is CC1(C)OB(c2ccc(CCN(Cc3cn4nc(-c5ccncc5)c(C(N)=O)c4cc3C3CC3)S(=O)[O-])cc2F)OC1(C)C. The Kier molecular flexibility index (Phi) is 7.95. The third-order valence-corrected chi connectivity index (χ3v) is 9.62. The van der Waals surface area contributed by atoms with Gasteiger partial charge in [-0.1, -0.05) is 12.1 Å². The first-order valence-electron chi connectivity index (χ1n) is 14.6. The summed E-state index contributed by atoms with van der Waals surface area (Å²) in [4.78, 5) is 16.6. The first-order valence-corrected chi connectivity index (χ1v) is 15.6. The predicted molar refractivity (Wildman–Crippen MR) is 164 cm³/mol. The molecule has 4 heterocycles. The van der Waals surface area contributed by atoms with E-state index in [1.165, 1.54) is 10.4 Å². The largest absolute Gasteiger partial charge is 0.760 e. The number of carbonyl (C=O) groups excluding carboxylic acids is 1. The van der Waals surface area contributed by atoms with Crippen LogP contribution in [0.1, 0.15) is 73.5 Å². The van der Waals surface area contributed by atoms with Crippen LogP contribution in [-0.2, 0) is 33.5 Å². The van der Waals surface area contributed by atoms with E-state index in [4.69, 9.17) is 15.0 Å². The third-order valence-electron chi connectivity index (χ3n) is 8.89. The number of pyridine rings is 2. The minimum absolute atomic E-state index is 0.0999. The number of aromatic nitrogens is 3. The summed E-state index contributed by atoms with van der Waals surface area (Å²) in [5, 5.41) is 4.65. The van der Waals surface area contributed by atoms with Crippen molar-refractivity contribution in [2.45, 2.75) is 70.6 Å². The molecule has 1 aliphatic carbocycles. The van der Waals surface area contributed by atoms with Gasteiger partial charge in [-0.25, -0.2) is 13.2 Å². The van der Waals surface area contributed by atoms with Crippen LogP contribution in [0.5, 0.6) is 0 Å². The van der Waals surface area contributed by atoms with E-state index in [-0.39, 0.29) is 19.0 Å². The van der Waals surface area contributed by atoms with Gasteiger partial charge in [0.05, 0.1) is 22.3 Å². The summed E-state index contributed by atoms with van der Waals surface area (Å²) >= 11 is -2.54. The van der Waals surface area contributed by atoms with Crippen LogP contribution in [0.25, 0.3) is 16.8 Å². The average Bonchev–Trinajstić information content (AvgIpc) is 3.69. The zero-order valence-corrected chi connectivity index (χ0v) is 25.9. The molecule has 6 rings (SSSR count). The number of nitrogens with zero attached hydrogens (tertiary/aromatic N) is 4. The van der Waals surface area contributed by atoms with Crippen molar-refractivity contribution >= 4 is 35.3 Å². The van der Waals surface area contributed by atoms with Crippen molar-refractivity contribution in [3.8, 4) is 11.3 Å². The normalized spacial score (nSPS) is 18.3. The number of hydrogen-bond acceptors (Lipinski definition) is 7. The lowest BCUT2D eigenvalue weighted by Gasteiger charge is -2.32. The van der Waals surface area contributed by atoms with Crippen molar-refractivity contribution in [1.82, 2.24) is 18.9 Å². The van der Waals surface area contributed by atoms with Crippen LogP contribution in [0.3, 0.4) is 0 Å². The molecular weight excluding hydrogens is 584 g/mol. The monoisotopic (exact) mass is 618 g/mol. The fourth-order valence-corrected chi connectivity index (χ4v) is 6.03. The number of amides is 1. The number of hydrogen-bond donors (Lipinski definition) is 1. The van der Waals surface area contributed by atoms with Crippen molar-refractivity contribution in [2.75, 3.05) is 6.54 Å². The molecule has 2 fully saturated rings. The molecule has 0 bridgehead atoms. The molecule has 44 heavy (non-hydrogen) atoms. The summed E-state index contributed by atoms with van der Waals surface area (Å²) in [5.74, 6) is -0.805. The Hall–Kier alpha value is -3.49. The molecule has 1 unspecified atom stereocenters. The summed E-state index contributed by atoms with van der Waals surface area (Å²) < 4.78 is 54.8. The van der Waals surface area contributed by atoms with Crippen LogP contribution in [0, 0.1) is 5.82 Å². The summed E-state index contributed by atoms with van der Waals surface area (Å²) in [7, 11) is -0.827. The minimum Gasteiger partial charge on any atom is -0.760 e. The molecule has 1 aromatic carbocycles. The molecular formula is C31H34BFN5O5S-. The van der Waals surface area contributed by atoms with E-state index in [9.17, 15) is 13.6 Å². The van der Waals surface area contributed by atoms with Crippen LogP contribution in [0.4, 0.5) is 4.39 Å². The van der Waals surface area contributed by atoms with Gasteiger partial charge < -0.3 is 19.6 Å². The fourth-order valence-electron chi connectivity index (χ4n) is 5.54. The van der Waals surface area contributed by atoms with Crippen molar-refractivity contribution in [1.29, 1.82) is 0 Å². The number of primary amides is 1. The van der Waals surface area contributed by atoms with Gasteiger partial charge in [0, 0.05) is 54.0 Å². The molecule has 0 spiro atoms. The second kappa shape index (κ2) is 11.5. The highest BCUT2D eigenvalue weighted by atomic mass is 32.2. The van der Waals surface area contributed by atoms with Crippen LogP contribution in [0.15, 0.2) is 55.0 Å². The molecule has 2 aliphatic rings. The maximum absolute atomic E-state index is 15.2. The molecule has 230 valence electrons. The standard InChI is InChI=1S/C31H35BFN5O5S/c1-30(2)31(3,4)43-32(42-30)24-8-5-19(15-25(24)33)11-14-37(44(40)41)17-22-18-38-26(16-23(22)20-6-7-20)27(29(34)39)28(36-38)21-9-12-35-13-10-21/h5,8-10,12-13,15-16,18,20H,6-7,11,14,17H2,1-4H3,(H2,34,39)(H,40,41)/p-1. The lowest BCUT2D eigenvalue weighted by Crippen LogP contribution is -2.41. The highest BCUT2D eigenvalue weighted by molar-refractivity contribution is 7.76. The Bertz CT molecular complexity index is 1750. The predicted octanol–water partition coefficient (Wildman–Crippen LogP) is 3.65. The lowest BCUT2D eigenvalue weighted by atomic mass is 9.78. The first-order chi connectivity index (χ1) is 20.8. The van der Waals surface area contributed by atoms with Crippen LogP contribution >= 0.6 is 0 Å². The molecule has 10 nitrogen and oxygen atoms in total. The van der Waals surface area contributed by atoms with Gasteiger partial charge >= 0.3 is 7.12 Å². The van der Waals surface area contributed by atoms with Gasteiger partial charge in [-0.15, -0.1) is 0 Å². The molecule has 1 atom stereocenters. The van der Waals surface area contributed by atoms with Gasteiger partial charge in [-0.05, 0) is 93.8 Å². The second-order valence-corrected chi connectivity index (χ2v) is 13.4. The molecule has 1 amide bonds. The second-order valence-electron chi connectivity index (χ2n) is 12.5. The summed E-state index contributed by atoms with van der Waals surface area (Å²) in [5.41, 5.74) is 9.33. The topological polar surface area (TPSA) is 135 Å². The van der Waals surface area contributed by atoms with E-state index in [0.717, 1.165) is 24.0 Å². The Morgan fingerprint density at radius 3 is 2.43 bits per heavy atom. The summed E-state index contributed by atoms with van der Waals surface area (Å²) in [6.07, 6.45) is 7.24. The quantitative estimate of drug-likeness (QED) is 0.212. The van der Waals surface area contributed by atoms with E-state index in [1.54, 1.807) is 47.4 Å². The zero-order valence-electron chi connectivity index (χ0n) is 25.1. The molecule has 1 saturated heterocycles. The van der Waals surface area contributed by atoms with Gasteiger partial charge in [-0.3, -0.25) is 14.0 Å². The highest BCUT2D eigenvalue weighted by Gasteiger charge is 2.52.